The summed E-state index contributed by atoms with van der Waals surface area (Å²) in [5.74, 6) is 0.0275. The number of nitrogens with one attached hydrogen (secondary N) is 1. The van der Waals surface area contributed by atoms with Crippen LogP contribution in [0.15, 0.2) is 0 Å². The first kappa shape index (κ1) is 15.3. The van der Waals surface area contributed by atoms with Crippen LogP contribution in [0.5, 0.6) is 0 Å². The van der Waals surface area contributed by atoms with Crippen LogP contribution in [0.2, 0.25) is 0 Å². The van der Waals surface area contributed by atoms with E-state index >= 15 is 0 Å². The highest BCUT2D eigenvalue weighted by Crippen LogP contribution is 2.01. The summed E-state index contributed by atoms with van der Waals surface area (Å²) in [5.41, 5.74) is 5.52. The first-order chi connectivity index (χ1) is 7.38. The van der Waals surface area contributed by atoms with Gasteiger partial charge in [-0.05, 0) is 33.7 Å². The lowest BCUT2D eigenvalue weighted by atomic mass is 10.2. The van der Waals surface area contributed by atoms with E-state index < -0.39 is 0 Å². The van der Waals surface area contributed by atoms with Gasteiger partial charge in [0.15, 0.2) is 0 Å². The third kappa shape index (κ3) is 6.02. The van der Waals surface area contributed by atoms with Gasteiger partial charge < -0.3 is 11.1 Å². The maximum atomic E-state index is 11.8. The lowest BCUT2D eigenvalue weighted by Gasteiger charge is -2.27. The number of thiocarbonyl (C=S) groups is 1. The van der Waals surface area contributed by atoms with Crippen molar-refractivity contribution in [2.75, 3.05) is 13.1 Å². The molecule has 1 amide bonds. The number of hydrogen-bond acceptors (Lipinski definition) is 3. The molecule has 0 aliphatic carbocycles. The van der Waals surface area contributed by atoms with Crippen molar-refractivity contribution >= 4 is 23.1 Å². The van der Waals surface area contributed by atoms with Gasteiger partial charge in [-0.25, -0.2) is 0 Å². The SMILES string of the molecule is CCCN(CC(N)=S)C(C)C(=O)NC(C)C. The van der Waals surface area contributed by atoms with Crippen molar-refractivity contribution in [3.05, 3.63) is 0 Å². The maximum Gasteiger partial charge on any atom is 0.237 e. The summed E-state index contributed by atoms with van der Waals surface area (Å²) in [4.78, 5) is 14.2. The van der Waals surface area contributed by atoms with Gasteiger partial charge in [-0.3, -0.25) is 9.69 Å². The molecule has 0 spiro atoms. The standard InChI is InChI=1S/C11H23N3OS/c1-5-6-14(7-10(12)16)9(4)11(15)13-8(2)3/h8-9H,5-7H2,1-4H3,(H2,12,16)(H,13,15). The monoisotopic (exact) mass is 245 g/mol. The second kappa shape index (κ2) is 7.57. The first-order valence-corrected chi connectivity index (χ1v) is 6.12. The van der Waals surface area contributed by atoms with Crippen LogP contribution in [0, 0.1) is 0 Å². The zero-order valence-electron chi connectivity index (χ0n) is 10.6. The Morgan fingerprint density at radius 3 is 2.38 bits per heavy atom. The average Bonchev–Trinajstić information content (AvgIpc) is 2.14. The molecule has 0 bridgehead atoms. The van der Waals surface area contributed by atoms with E-state index in [2.05, 4.69) is 12.2 Å². The van der Waals surface area contributed by atoms with Gasteiger partial charge in [-0.15, -0.1) is 0 Å². The zero-order valence-corrected chi connectivity index (χ0v) is 11.4. The molecule has 0 aromatic rings. The van der Waals surface area contributed by atoms with Crippen LogP contribution in [0.4, 0.5) is 0 Å². The largest absolute Gasteiger partial charge is 0.392 e. The molecular weight excluding hydrogens is 222 g/mol. The molecule has 0 saturated heterocycles. The Hall–Kier alpha value is -0.680. The molecule has 0 radical (unpaired) electrons. The number of amides is 1. The van der Waals surface area contributed by atoms with Gasteiger partial charge >= 0.3 is 0 Å². The van der Waals surface area contributed by atoms with Gasteiger partial charge in [0, 0.05) is 12.6 Å². The predicted molar refractivity (Wildman–Crippen MR) is 71.4 cm³/mol. The Morgan fingerprint density at radius 2 is 2.00 bits per heavy atom. The molecule has 16 heavy (non-hydrogen) atoms. The van der Waals surface area contributed by atoms with E-state index in [1.54, 1.807) is 0 Å². The van der Waals surface area contributed by atoms with E-state index in [0.29, 0.717) is 11.5 Å². The topological polar surface area (TPSA) is 58.4 Å². The van der Waals surface area contributed by atoms with E-state index in [9.17, 15) is 4.79 Å². The lowest BCUT2D eigenvalue weighted by Crippen LogP contribution is -2.49. The molecule has 1 atom stereocenters. The molecule has 5 heteroatoms. The summed E-state index contributed by atoms with van der Waals surface area (Å²) in [6.45, 7) is 9.16. The molecule has 0 aromatic carbocycles. The molecule has 3 N–H and O–H groups in total. The van der Waals surface area contributed by atoms with Gasteiger partial charge in [-0.2, -0.15) is 0 Å². The highest BCUT2D eigenvalue weighted by molar-refractivity contribution is 7.80. The van der Waals surface area contributed by atoms with Crippen LogP contribution < -0.4 is 11.1 Å². The summed E-state index contributed by atoms with van der Waals surface area (Å²) in [6, 6.07) is -0.0351. The highest BCUT2D eigenvalue weighted by Gasteiger charge is 2.21. The fraction of sp³-hybridized carbons (Fsp3) is 0.818. The summed E-state index contributed by atoms with van der Waals surface area (Å²) in [7, 11) is 0. The highest BCUT2D eigenvalue weighted by atomic mass is 32.1. The third-order valence-corrected chi connectivity index (χ3v) is 2.36. The van der Waals surface area contributed by atoms with Crippen molar-refractivity contribution in [3.8, 4) is 0 Å². The quantitative estimate of drug-likeness (QED) is 0.654. The minimum Gasteiger partial charge on any atom is -0.392 e. The predicted octanol–water partition coefficient (Wildman–Crippen LogP) is 0.898. The van der Waals surface area contributed by atoms with E-state index in [1.165, 1.54) is 0 Å². The van der Waals surface area contributed by atoms with Gasteiger partial charge in [0.05, 0.1) is 11.0 Å². The summed E-state index contributed by atoms with van der Waals surface area (Å²) >= 11 is 4.88. The fourth-order valence-corrected chi connectivity index (χ4v) is 1.63. The molecule has 0 aromatic heterocycles. The molecule has 0 rings (SSSR count). The molecular formula is C11H23N3OS. The van der Waals surface area contributed by atoms with Crippen LogP contribution in [-0.4, -0.2) is 41.0 Å². The van der Waals surface area contributed by atoms with Crippen LogP contribution in [-0.2, 0) is 4.79 Å². The van der Waals surface area contributed by atoms with E-state index in [0.717, 1.165) is 13.0 Å². The average molecular weight is 245 g/mol. The fourth-order valence-electron chi connectivity index (χ4n) is 1.47. The second-order valence-corrected chi connectivity index (χ2v) is 4.80. The normalized spacial score (nSPS) is 12.9. The second-order valence-electron chi connectivity index (χ2n) is 4.28. The molecule has 0 aliphatic heterocycles. The molecule has 0 saturated carbocycles. The van der Waals surface area contributed by atoms with Crippen molar-refractivity contribution < 1.29 is 4.79 Å². The zero-order chi connectivity index (χ0) is 12.7. The minimum absolute atomic E-state index is 0.0275. The summed E-state index contributed by atoms with van der Waals surface area (Å²) in [5, 5.41) is 2.89. The number of hydrogen-bond donors (Lipinski definition) is 2. The van der Waals surface area contributed by atoms with Crippen LogP contribution in [0.1, 0.15) is 34.1 Å². The van der Waals surface area contributed by atoms with Crippen molar-refractivity contribution in [2.45, 2.75) is 46.2 Å². The lowest BCUT2D eigenvalue weighted by molar-refractivity contribution is -0.126. The van der Waals surface area contributed by atoms with E-state index in [-0.39, 0.29) is 18.0 Å². The van der Waals surface area contributed by atoms with Gasteiger partial charge in [0.1, 0.15) is 0 Å². The molecule has 94 valence electrons. The first-order valence-electron chi connectivity index (χ1n) is 5.71. The smallest absolute Gasteiger partial charge is 0.237 e. The molecule has 0 heterocycles. The van der Waals surface area contributed by atoms with Crippen molar-refractivity contribution in [2.24, 2.45) is 5.73 Å². The molecule has 1 unspecified atom stereocenters. The Kier molecular flexibility index (Phi) is 7.25. The Bertz CT molecular complexity index is 243. The Labute approximate surface area is 104 Å². The minimum atomic E-state index is -0.191. The maximum absolute atomic E-state index is 11.8. The van der Waals surface area contributed by atoms with E-state index in [4.69, 9.17) is 18.0 Å². The third-order valence-electron chi connectivity index (χ3n) is 2.23. The van der Waals surface area contributed by atoms with Crippen molar-refractivity contribution in [1.29, 1.82) is 0 Å². The van der Waals surface area contributed by atoms with Gasteiger partial charge in [-0.1, -0.05) is 19.1 Å². The summed E-state index contributed by atoms with van der Waals surface area (Å²) in [6.07, 6.45) is 0.974. The number of nitrogens with zero attached hydrogens (tertiary/aromatic N) is 1. The number of rotatable bonds is 7. The Balaban J connectivity index is 4.40. The van der Waals surface area contributed by atoms with E-state index in [1.807, 2.05) is 25.7 Å². The van der Waals surface area contributed by atoms with Crippen LogP contribution in [0.25, 0.3) is 0 Å². The van der Waals surface area contributed by atoms with Crippen LogP contribution >= 0.6 is 12.2 Å². The summed E-state index contributed by atoms with van der Waals surface area (Å²) < 4.78 is 0. The number of nitrogens with two attached hydrogens (primary N) is 1. The van der Waals surface area contributed by atoms with Gasteiger partial charge in [0.25, 0.3) is 0 Å². The number of carbonyl (C=O) groups excluding carboxylic acids is 1. The molecule has 0 aliphatic rings. The molecule has 4 nitrogen and oxygen atoms in total. The van der Waals surface area contributed by atoms with Crippen LogP contribution in [0.3, 0.4) is 0 Å². The Morgan fingerprint density at radius 1 is 1.44 bits per heavy atom. The van der Waals surface area contributed by atoms with Crippen molar-refractivity contribution in [3.63, 3.8) is 0 Å². The van der Waals surface area contributed by atoms with Gasteiger partial charge in [0.2, 0.25) is 5.91 Å². The molecule has 0 fully saturated rings. The number of carbonyl (C=O) groups is 1. The van der Waals surface area contributed by atoms with Crippen molar-refractivity contribution in [1.82, 2.24) is 10.2 Å².